The maximum Gasteiger partial charge on any atom is 0.246 e. The number of piperazine rings is 1. The number of hydrogen-bond acceptors (Lipinski definition) is 3. The lowest BCUT2D eigenvalue weighted by molar-refractivity contribution is -0.150. The predicted molar refractivity (Wildman–Crippen MR) is 69.0 cm³/mol. The van der Waals surface area contributed by atoms with Crippen molar-refractivity contribution in [3.8, 4) is 0 Å². The van der Waals surface area contributed by atoms with Crippen molar-refractivity contribution in [1.29, 1.82) is 0 Å². The number of carbonyl (C=O) groups is 2. The Balaban J connectivity index is 2.23. The van der Waals surface area contributed by atoms with Crippen LogP contribution in [-0.4, -0.2) is 29.3 Å². The molecule has 0 saturated carbocycles. The molecule has 4 nitrogen and oxygen atoms in total. The van der Waals surface area contributed by atoms with Crippen molar-refractivity contribution in [1.82, 2.24) is 10.2 Å². The van der Waals surface area contributed by atoms with Crippen molar-refractivity contribution in [2.75, 3.05) is 6.54 Å². The van der Waals surface area contributed by atoms with E-state index in [4.69, 9.17) is 11.6 Å². The van der Waals surface area contributed by atoms with Crippen LogP contribution in [0.2, 0.25) is 5.02 Å². The fourth-order valence-corrected chi connectivity index (χ4v) is 2.22. The highest BCUT2D eigenvalue weighted by Crippen LogP contribution is 2.20. The largest absolute Gasteiger partial charge is 0.297 e. The highest BCUT2D eigenvalue weighted by molar-refractivity contribution is 6.30. The summed E-state index contributed by atoms with van der Waals surface area (Å²) in [5.41, 5.74) is 0.242. The number of carbonyl (C=O) groups excluding carboxylic acids is 2. The molecule has 0 aromatic heterocycles. The number of hydrogen-bond donors (Lipinski definition) is 1. The molecule has 1 aliphatic rings. The highest BCUT2D eigenvalue weighted by atomic mass is 35.5. The molecule has 1 aliphatic heterocycles. The molecule has 2 amide bonds. The average Bonchev–Trinajstić information content (AvgIpc) is 2.39. The third-order valence-electron chi connectivity index (χ3n) is 3.13. The minimum absolute atomic E-state index is 0.0143. The van der Waals surface area contributed by atoms with Crippen LogP contribution in [-0.2, 0) is 16.1 Å². The summed E-state index contributed by atoms with van der Waals surface area (Å²) >= 11 is 5.68. The van der Waals surface area contributed by atoms with Crippen molar-refractivity contribution in [3.05, 3.63) is 34.6 Å². The molecule has 19 heavy (non-hydrogen) atoms. The Morgan fingerprint density at radius 2 is 2.21 bits per heavy atom. The number of nitrogens with one attached hydrogen (secondary N) is 1. The summed E-state index contributed by atoms with van der Waals surface area (Å²) in [6.07, 6.45) is 0.584. The molecular formula is C13H14ClFN2O2. The van der Waals surface area contributed by atoms with Gasteiger partial charge in [0, 0.05) is 5.56 Å². The van der Waals surface area contributed by atoms with Gasteiger partial charge in [-0.15, -0.1) is 0 Å². The number of benzene rings is 1. The minimum atomic E-state index is -0.587. The topological polar surface area (TPSA) is 49.4 Å². The van der Waals surface area contributed by atoms with E-state index in [0.29, 0.717) is 6.42 Å². The molecule has 0 radical (unpaired) electrons. The summed E-state index contributed by atoms with van der Waals surface area (Å²) in [7, 11) is 0. The van der Waals surface area contributed by atoms with Gasteiger partial charge in [0.25, 0.3) is 0 Å². The monoisotopic (exact) mass is 284 g/mol. The van der Waals surface area contributed by atoms with E-state index in [-0.39, 0.29) is 41.5 Å². The van der Waals surface area contributed by atoms with Crippen molar-refractivity contribution in [3.63, 3.8) is 0 Å². The third-order valence-corrected chi connectivity index (χ3v) is 3.43. The fourth-order valence-electron chi connectivity index (χ4n) is 2.03. The van der Waals surface area contributed by atoms with E-state index in [9.17, 15) is 14.0 Å². The Kier molecular flexibility index (Phi) is 4.17. The van der Waals surface area contributed by atoms with E-state index >= 15 is 0 Å². The Bertz CT molecular complexity index is 521. The first-order chi connectivity index (χ1) is 9.04. The number of rotatable bonds is 3. The van der Waals surface area contributed by atoms with Gasteiger partial charge in [0.1, 0.15) is 5.82 Å². The van der Waals surface area contributed by atoms with Gasteiger partial charge in [-0.05, 0) is 12.5 Å². The van der Waals surface area contributed by atoms with Gasteiger partial charge >= 0.3 is 0 Å². The summed E-state index contributed by atoms with van der Waals surface area (Å²) in [4.78, 5) is 24.9. The van der Waals surface area contributed by atoms with E-state index in [1.165, 1.54) is 12.1 Å². The highest BCUT2D eigenvalue weighted by Gasteiger charge is 2.33. The molecule has 1 N–H and O–H groups in total. The molecule has 0 spiro atoms. The molecule has 1 aromatic carbocycles. The molecule has 0 bridgehead atoms. The summed E-state index contributed by atoms with van der Waals surface area (Å²) < 4.78 is 13.8. The van der Waals surface area contributed by atoms with Crippen LogP contribution in [0, 0.1) is 5.82 Å². The first kappa shape index (κ1) is 14.0. The Hall–Kier alpha value is -1.46. The molecule has 1 atom stereocenters. The Labute approximate surface area is 115 Å². The second-order valence-electron chi connectivity index (χ2n) is 4.37. The second kappa shape index (κ2) is 5.67. The van der Waals surface area contributed by atoms with Crippen LogP contribution >= 0.6 is 11.6 Å². The van der Waals surface area contributed by atoms with Gasteiger partial charge in [-0.25, -0.2) is 4.39 Å². The summed E-state index contributed by atoms with van der Waals surface area (Å²) in [6, 6.07) is 4.15. The van der Waals surface area contributed by atoms with E-state index in [0.717, 1.165) is 4.90 Å². The molecular weight excluding hydrogens is 271 g/mol. The molecule has 102 valence electrons. The standard InChI is InChI=1S/C13H14ClFN2O2/c1-2-10-13(19)17(11(18)6-16-10)7-8-4-3-5-9(14)12(8)15/h3-5,10,16H,2,6-7H2,1H3. The van der Waals surface area contributed by atoms with Crippen LogP contribution in [0.1, 0.15) is 18.9 Å². The number of nitrogens with zero attached hydrogens (tertiary/aromatic N) is 1. The zero-order chi connectivity index (χ0) is 14.0. The second-order valence-corrected chi connectivity index (χ2v) is 4.78. The zero-order valence-corrected chi connectivity index (χ0v) is 11.2. The molecule has 1 fully saturated rings. The molecule has 2 rings (SSSR count). The number of imide groups is 1. The van der Waals surface area contributed by atoms with Crippen LogP contribution in [0.25, 0.3) is 0 Å². The molecule has 1 heterocycles. The van der Waals surface area contributed by atoms with Gasteiger partial charge < -0.3 is 0 Å². The average molecular weight is 285 g/mol. The maximum absolute atomic E-state index is 13.8. The van der Waals surface area contributed by atoms with E-state index in [1.54, 1.807) is 6.07 Å². The van der Waals surface area contributed by atoms with Gasteiger partial charge in [-0.2, -0.15) is 0 Å². The fraction of sp³-hybridized carbons (Fsp3) is 0.385. The number of halogens is 2. The first-order valence-electron chi connectivity index (χ1n) is 6.05. The first-order valence-corrected chi connectivity index (χ1v) is 6.43. The van der Waals surface area contributed by atoms with Crippen molar-refractivity contribution >= 4 is 23.4 Å². The number of amides is 2. The lowest BCUT2D eigenvalue weighted by Crippen LogP contribution is -2.57. The summed E-state index contributed by atoms with van der Waals surface area (Å²) in [6.45, 7) is 1.86. The molecule has 6 heteroatoms. The van der Waals surface area contributed by atoms with Crippen LogP contribution in [0.5, 0.6) is 0 Å². The van der Waals surface area contributed by atoms with E-state index < -0.39 is 5.82 Å². The third kappa shape index (κ3) is 2.77. The van der Waals surface area contributed by atoms with Crippen molar-refractivity contribution in [2.45, 2.75) is 25.9 Å². The van der Waals surface area contributed by atoms with Crippen LogP contribution in [0.4, 0.5) is 4.39 Å². The van der Waals surface area contributed by atoms with Gasteiger partial charge in [0.05, 0.1) is 24.2 Å². The van der Waals surface area contributed by atoms with Crippen LogP contribution in [0.15, 0.2) is 18.2 Å². The van der Waals surface area contributed by atoms with Crippen LogP contribution < -0.4 is 5.32 Å². The zero-order valence-electron chi connectivity index (χ0n) is 10.5. The predicted octanol–water partition coefficient (Wildman–Crippen LogP) is 1.72. The summed E-state index contributed by atoms with van der Waals surface area (Å²) in [5.74, 6) is -1.26. The summed E-state index contributed by atoms with van der Waals surface area (Å²) in [5, 5.41) is 2.84. The molecule has 0 aliphatic carbocycles. The van der Waals surface area contributed by atoms with Gasteiger partial charge in [0.2, 0.25) is 11.8 Å². The Morgan fingerprint density at radius 1 is 1.47 bits per heavy atom. The Morgan fingerprint density at radius 3 is 2.89 bits per heavy atom. The van der Waals surface area contributed by atoms with E-state index in [2.05, 4.69) is 5.32 Å². The molecule has 1 aromatic rings. The quantitative estimate of drug-likeness (QED) is 0.860. The maximum atomic E-state index is 13.8. The lowest BCUT2D eigenvalue weighted by Gasteiger charge is -2.31. The lowest BCUT2D eigenvalue weighted by atomic mass is 10.1. The van der Waals surface area contributed by atoms with Crippen molar-refractivity contribution in [2.24, 2.45) is 0 Å². The normalized spacial score (nSPS) is 19.9. The SMILES string of the molecule is CCC1NCC(=O)N(Cc2cccc(Cl)c2F)C1=O. The van der Waals surface area contributed by atoms with Gasteiger partial charge in [0.15, 0.2) is 0 Å². The van der Waals surface area contributed by atoms with E-state index in [1.807, 2.05) is 6.92 Å². The van der Waals surface area contributed by atoms with Gasteiger partial charge in [-0.3, -0.25) is 19.8 Å². The molecule has 1 unspecified atom stereocenters. The van der Waals surface area contributed by atoms with Crippen molar-refractivity contribution < 1.29 is 14.0 Å². The van der Waals surface area contributed by atoms with Crippen LogP contribution in [0.3, 0.4) is 0 Å². The van der Waals surface area contributed by atoms with Gasteiger partial charge in [-0.1, -0.05) is 30.7 Å². The molecule has 1 saturated heterocycles. The smallest absolute Gasteiger partial charge is 0.246 e. The minimum Gasteiger partial charge on any atom is -0.297 e.